The molecule has 0 aliphatic heterocycles. The maximum Gasteiger partial charge on any atom is 0.215 e. The van der Waals surface area contributed by atoms with Gasteiger partial charge in [0.1, 0.15) is 5.82 Å². The lowest BCUT2D eigenvalue weighted by Gasteiger charge is -2.34. The Labute approximate surface area is 102 Å². The Bertz CT molecular complexity index is 342. The fourth-order valence-corrected chi connectivity index (χ4v) is 1.40. The molecule has 4 heteroatoms. The molecule has 0 aromatic carbocycles. The van der Waals surface area contributed by atoms with Crippen LogP contribution < -0.4 is 9.64 Å². The molecule has 0 saturated carbocycles. The molecule has 1 heterocycles. The monoisotopic (exact) mass is 242 g/mol. The average Bonchev–Trinajstić information content (AvgIpc) is 2.29. The molecule has 1 aromatic heterocycles. The molecule has 3 nitrogen and oxygen atoms in total. The van der Waals surface area contributed by atoms with Crippen molar-refractivity contribution in [2.24, 2.45) is 0 Å². The number of hydrogen-bond donors (Lipinski definition) is 0. The Kier molecular flexibility index (Phi) is 4.42. The Morgan fingerprint density at radius 1 is 1.44 bits per heavy atom. The summed E-state index contributed by atoms with van der Waals surface area (Å²) in [5.74, 6) is 2.07. The van der Waals surface area contributed by atoms with Crippen molar-refractivity contribution in [3.05, 3.63) is 18.2 Å². The first-order chi connectivity index (χ1) is 7.51. The smallest absolute Gasteiger partial charge is 0.215 e. The van der Waals surface area contributed by atoms with E-state index < -0.39 is 0 Å². The van der Waals surface area contributed by atoms with Crippen LogP contribution in [0.25, 0.3) is 0 Å². The number of nitrogens with zero attached hydrogens (tertiary/aromatic N) is 2. The Morgan fingerprint density at radius 3 is 2.69 bits per heavy atom. The van der Waals surface area contributed by atoms with E-state index in [1.807, 2.05) is 32.2 Å². The molecule has 16 heavy (non-hydrogen) atoms. The van der Waals surface area contributed by atoms with E-state index in [0.717, 1.165) is 5.82 Å². The number of ether oxygens (including phenoxy) is 1. The summed E-state index contributed by atoms with van der Waals surface area (Å²) in [7, 11) is 1.99. The van der Waals surface area contributed by atoms with Gasteiger partial charge in [0.25, 0.3) is 0 Å². The molecule has 0 unspecified atom stereocenters. The molecule has 0 bridgehead atoms. The highest BCUT2D eigenvalue weighted by molar-refractivity contribution is 6.18. The summed E-state index contributed by atoms with van der Waals surface area (Å²) in [5, 5.41) is 0. The van der Waals surface area contributed by atoms with Crippen LogP contribution in [0.3, 0.4) is 0 Å². The normalized spacial score (nSPS) is 11.3. The van der Waals surface area contributed by atoms with Crippen molar-refractivity contribution in [3.8, 4) is 5.88 Å². The predicted octanol–water partition coefficient (Wildman–Crippen LogP) is 2.93. The molecule has 90 valence electrons. The molecule has 0 amide bonds. The maximum atomic E-state index is 5.94. The first-order valence-corrected chi connectivity index (χ1v) is 5.94. The minimum Gasteiger partial charge on any atom is -0.478 e. The van der Waals surface area contributed by atoms with Gasteiger partial charge in [0.2, 0.25) is 5.88 Å². The van der Waals surface area contributed by atoms with Crippen LogP contribution in [-0.4, -0.2) is 30.1 Å². The van der Waals surface area contributed by atoms with Crippen molar-refractivity contribution in [3.63, 3.8) is 0 Å². The number of pyridine rings is 1. The molecule has 0 saturated heterocycles. The zero-order chi connectivity index (χ0) is 12.2. The van der Waals surface area contributed by atoms with E-state index in [9.17, 15) is 0 Å². The van der Waals surface area contributed by atoms with Crippen LogP contribution in [0.4, 0.5) is 5.82 Å². The number of alkyl halides is 1. The summed E-state index contributed by atoms with van der Waals surface area (Å²) >= 11 is 5.94. The molecule has 0 fully saturated rings. The third kappa shape index (κ3) is 3.01. The van der Waals surface area contributed by atoms with Crippen molar-refractivity contribution >= 4 is 17.4 Å². The highest BCUT2D eigenvalue weighted by Crippen LogP contribution is 2.23. The van der Waals surface area contributed by atoms with Crippen LogP contribution in [-0.2, 0) is 0 Å². The Morgan fingerprint density at radius 2 is 2.12 bits per heavy atom. The van der Waals surface area contributed by atoms with Gasteiger partial charge >= 0.3 is 0 Å². The van der Waals surface area contributed by atoms with E-state index in [1.165, 1.54) is 0 Å². The summed E-state index contributed by atoms with van der Waals surface area (Å²) in [6.45, 7) is 6.73. The number of rotatable bonds is 5. The molecule has 0 atom stereocenters. The second-order valence-electron chi connectivity index (χ2n) is 4.27. The van der Waals surface area contributed by atoms with E-state index in [1.54, 1.807) is 0 Å². The van der Waals surface area contributed by atoms with Crippen LogP contribution in [0.1, 0.15) is 20.8 Å². The molecule has 0 N–H and O–H groups in total. The van der Waals surface area contributed by atoms with Gasteiger partial charge in [-0.25, -0.2) is 0 Å². The lowest BCUT2D eigenvalue weighted by molar-refractivity contribution is 0.326. The van der Waals surface area contributed by atoms with Crippen LogP contribution >= 0.6 is 11.6 Å². The SMILES string of the molecule is CCOc1cccc(N(C)C(C)(C)CCl)n1. The van der Waals surface area contributed by atoms with Crippen LogP contribution in [0, 0.1) is 0 Å². The Balaban J connectivity index is 2.91. The van der Waals surface area contributed by atoms with Gasteiger partial charge in [0.05, 0.1) is 6.61 Å². The highest BCUT2D eigenvalue weighted by atomic mass is 35.5. The van der Waals surface area contributed by atoms with E-state index in [-0.39, 0.29) is 5.54 Å². The molecule has 0 radical (unpaired) electrons. The first-order valence-electron chi connectivity index (χ1n) is 5.41. The summed E-state index contributed by atoms with van der Waals surface area (Å²) in [6, 6.07) is 5.75. The fraction of sp³-hybridized carbons (Fsp3) is 0.583. The second-order valence-corrected chi connectivity index (χ2v) is 4.54. The van der Waals surface area contributed by atoms with Crippen molar-refractivity contribution in [2.45, 2.75) is 26.3 Å². The predicted molar refractivity (Wildman–Crippen MR) is 68.6 cm³/mol. The molecule has 1 aromatic rings. The summed E-state index contributed by atoms with van der Waals surface area (Å²) in [6.07, 6.45) is 0. The van der Waals surface area contributed by atoms with Crippen molar-refractivity contribution in [1.29, 1.82) is 0 Å². The molecule has 0 spiro atoms. The molecule has 1 rings (SSSR count). The first kappa shape index (κ1) is 13.1. The number of anilines is 1. The van der Waals surface area contributed by atoms with Crippen molar-refractivity contribution in [2.75, 3.05) is 24.4 Å². The third-order valence-electron chi connectivity index (χ3n) is 2.58. The standard InChI is InChI=1S/C12H19ClN2O/c1-5-16-11-8-6-7-10(14-11)15(4)12(2,3)9-13/h6-8H,5,9H2,1-4H3. The number of hydrogen-bond acceptors (Lipinski definition) is 3. The lowest BCUT2D eigenvalue weighted by Crippen LogP contribution is -2.43. The van der Waals surface area contributed by atoms with E-state index in [0.29, 0.717) is 18.4 Å². The zero-order valence-corrected chi connectivity index (χ0v) is 11.1. The minimum absolute atomic E-state index is 0.126. The van der Waals surface area contributed by atoms with E-state index in [4.69, 9.17) is 16.3 Å². The van der Waals surface area contributed by atoms with Gasteiger partial charge in [0, 0.05) is 24.5 Å². The molecular weight excluding hydrogens is 224 g/mol. The number of aromatic nitrogens is 1. The summed E-state index contributed by atoms with van der Waals surface area (Å²) < 4.78 is 5.37. The van der Waals surface area contributed by atoms with Gasteiger partial charge in [-0.2, -0.15) is 4.98 Å². The molecule has 0 aliphatic rings. The van der Waals surface area contributed by atoms with Crippen molar-refractivity contribution in [1.82, 2.24) is 4.98 Å². The van der Waals surface area contributed by atoms with E-state index in [2.05, 4.69) is 23.7 Å². The molecule has 0 aliphatic carbocycles. The summed E-state index contributed by atoms with van der Waals surface area (Å²) in [4.78, 5) is 6.48. The summed E-state index contributed by atoms with van der Waals surface area (Å²) in [5.41, 5.74) is -0.126. The number of halogens is 1. The van der Waals surface area contributed by atoms with Crippen molar-refractivity contribution < 1.29 is 4.74 Å². The Hall–Kier alpha value is -0.960. The van der Waals surface area contributed by atoms with Gasteiger partial charge in [-0.1, -0.05) is 6.07 Å². The fourth-order valence-electron chi connectivity index (χ4n) is 1.22. The van der Waals surface area contributed by atoms with Gasteiger partial charge in [-0.3, -0.25) is 0 Å². The largest absolute Gasteiger partial charge is 0.478 e. The van der Waals surface area contributed by atoms with Crippen LogP contribution in [0.2, 0.25) is 0 Å². The molecular formula is C12H19ClN2O. The van der Waals surface area contributed by atoms with Gasteiger partial charge in [-0.05, 0) is 26.8 Å². The highest BCUT2D eigenvalue weighted by Gasteiger charge is 2.23. The van der Waals surface area contributed by atoms with Gasteiger partial charge in [0.15, 0.2) is 0 Å². The second kappa shape index (κ2) is 5.39. The maximum absolute atomic E-state index is 5.94. The minimum atomic E-state index is -0.126. The topological polar surface area (TPSA) is 25.4 Å². The van der Waals surface area contributed by atoms with Crippen LogP contribution in [0.5, 0.6) is 5.88 Å². The quantitative estimate of drug-likeness (QED) is 0.743. The van der Waals surface area contributed by atoms with Crippen LogP contribution in [0.15, 0.2) is 18.2 Å². The van der Waals surface area contributed by atoms with Gasteiger partial charge < -0.3 is 9.64 Å². The van der Waals surface area contributed by atoms with Gasteiger partial charge in [-0.15, -0.1) is 11.6 Å². The van der Waals surface area contributed by atoms with E-state index >= 15 is 0 Å². The third-order valence-corrected chi connectivity index (χ3v) is 3.23. The zero-order valence-electron chi connectivity index (χ0n) is 10.3. The average molecular weight is 243 g/mol. The lowest BCUT2D eigenvalue weighted by atomic mass is 10.1.